The van der Waals surface area contributed by atoms with Crippen LogP contribution in [0.1, 0.15) is 58.2 Å². The van der Waals surface area contributed by atoms with Crippen molar-refractivity contribution in [2.45, 2.75) is 65.3 Å². The molecule has 1 aromatic rings. The van der Waals surface area contributed by atoms with Gasteiger partial charge in [-0.25, -0.2) is 0 Å². The molecule has 1 atom stereocenters. The molecule has 1 aliphatic heterocycles. The summed E-state index contributed by atoms with van der Waals surface area (Å²) in [4.78, 5) is 4.47. The predicted octanol–water partition coefficient (Wildman–Crippen LogP) is 2.73. The Morgan fingerprint density at radius 3 is 2.83 bits per heavy atom. The minimum Gasteiger partial charge on any atom is -0.339 e. The third-order valence-corrected chi connectivity index (χ3v) is 3.32. The van der Waals surface area contributed by atoms with E-state index in [4.69, 9.17) is 4.52 Å². The average Bonchev–Trinajstić information content (AvgIpc) is 2.73. The first-order valence-electron chi connectivity index (χ1n) is 7.08. The molecule has 4 heteroatoms. The molecule has 1 fully saturated rings. The monoisotopic (exact) mass is 251 g/mol. The average molecular weight is 251 g/mol. The molecule has 1 aromatic heterocycles. The molecule has 1 saturated heterocycles. The van der Waals surface area contributed by atoms with Crippen LogP contribution in [-0.4, -0.2) is 22.7 Å². The Morgan fingerprint density at radius 1 is 1.33 bits per heavy atom. The first-order chi connectivity index (χ1) is 8.53. The van der Waals surface area contributed by atoms with E-state index in [9.17, 15) is 0 Å². The number of hydrogen-bond donors (Lipinski definition) is 1. The maximum absolute atomic E-state index is 5.31. The van der Waals surface area contributed by atoms with Gasteiger partial charge in [-0.2, -0.15) is 4.98 Å². The van der Waals surface area contributed by atoms with Gasteiger partial charge in [0, 0.05) is 18.9 Å². The van der Waals surface area contributed by atoms with E-state index in [0.717, 1.165) is 37.5 Å². The van der Waals surface area contributed by atoms with E-state index in [0.29, 0.717) is 6.04 Å². The highest BCUT2D eigenvalue weighted by atomic mass is 16.5. The molecule has 0 aromatic carbocycles. The topological polar surface area (TPSA) is 51.0 Å². The molecule has 0 bridgehead atoms. The van der Waals surface area contributed by atoms with E-state index in [1.54, 1.807) is 0 Å². The molecule has 1 N–H and O–H groups in total. The molecule has 0 radical (unpaired) electrons. The van der Waals surface area contributed by atoms with Gasteiger partial charge in [-0.05, 0) is 31.2 Å². The van der Waals surface area contributed by atoms with Crippen molar-refractivity contribution in [2.75, 3.05) is 6.54 Å². The van der Waals surface area contributed by atoms with Crippen molar-refractivity contribution in [1.29, 1.82) is 0 Å². The summed E-state index contributed by atoms with van der Waals surface area (Å²) in [6.45, 7) is 7.72. The molecular weight excluding hydrogens is 226 g/mol. The van der Waals surface area contributed by atoms with Gasteiger partial charge in [-0.15, -0.1) is 0 Å². The first-order valence-corrected chi connectivity index (χ1v) is 7.08. The number of rotatable bonds is 4. The largest absolute Gasteiger partial charge is 0.339 e. The fraction of sp³-hybridized carbons (Fsp3) is 0.857. The Labute approximate surface area is 110 Å². The van der Waals surface area contributed by atoms with Crippen LogP contribution < -0.4 is 5.32 Å². The van der Waals surface area contributed by atoms with Crippen molar-refractivity contribution in [3.63, 3.8) is 0 Å². The Hall–Kier alpha value is -0.900. The number of piperidine rings is 1. The Kier molecular flexibility index (Phi) is 4.38. The zero-order chi connectivity index (χ0) is 13.0. The second-order valence-electron chi connectivity index (χ2n) is 6.53. The fourth-order valence-electron chi connectivity index (χ4n) is 2.41. The summed E-state index contributed by atoms with van der Waals surface area (Å²) in [6, 6.07) is 0.636. The summed E-state index contributed by atoms with van der Waals surface area (Å²) in [5.41, 5.74) is 0.214. The minimum atomic E-state index is 0.214. The zero-order valence-electron chi connectivity index (χ0n) is 11.8. The van der Waals surface area contributed by atoms with Gasteiger partial charge in [-0.3, -0.25) is 0 Å². The highest BCUT2D eigenvalue weighted by molar-refractivity contribution is 4.91. The van der Waals surface area contributed by atoms with Crippen molar-refractivity contribution in [3.05, 3.63) is 11.7 Å². The van der Waals surface area contributed by atoms with Crippen LogP contribution in [0.15, 0.2) is 4.52 Å². The lowest BCUT2D eigenvalue weighted by atomic mass is 9.92. The van der Waals surface area contributed by atoms with Crippen LogP contribution in [0.25, 0.3) is 0 Å². The molecule has 0 spiro atoms. The number of nitrogens with one attached hydrogen (secondary N) is 1. The fourth-order valence-corrected chi connectivity index (χ4v) is 2.41. The quantitative estimate of drug-likeness (QED) is 0.894. The van der Waals surface area contributed by atoms with Gasteiger partial charge in [0.1, 0.15) is 0 Å². The van der Waals surface area contributed by atoms with E-state index >= 15 is 0 Å². The lowest BCUT2D eigenvalue weighted by Crippen LogP contribution is -2.34. The lowest BCUT2D eigenvalue weighted by molar-refractivity contribution is 0.335. The molecule has 2 heterocycles. The van der Waals surface area contributed by atoms with Crippen molar-refractivity contribution in [1.82, 2.24) is 15.5 Å². The van der Waals surface area contributed by atoms with Gasteiger partial charge in [0.2, 0.25) is 5.89 Å². The van der Waals surface area contributed by atoms with Crippen LogP contribution in [0.3, 0.4) is 0 Å². The Morgan fingerprint density at radius 2 is 2.17 bits per heavy atom. The summed E-state index contributed by atoms with van der Waals surface area (Å²) in [5, 5.41) is 7.60. The van der Waals surface area contributed by atoms with E-state index in [1.807, 2.05) is 0 Å². The van der Waals surface area contributed by atoms with Gasteiger partial charge in [-0.1, -0.05) is 32.3 Å². The van der Waals surface area contributed by atoms with E-state index in [1.165, 1.54) is 19.3 Å². The molecule has 18 heavy (non-hydrogen) atoms. The van der Waals surface area contributed by atoms with Crippen LogP contribution in [0.5, 0.6) is 0 Å². The Bertz CT molecular complexity index is 361. The third kappa shape index (κ3) is 4.41. The normalized spacial score (nSPS) is 21.2. The number of hydrogen-bond acceptors (Lipinski definition) is 4. The Balaban J connectivity index is 1.79. The SMILES string of the molecule is CC(C)(C)Cc1noc(CCC2CCCCN2)n1. The maximum Gasteiger partial charge on any atom is 0.226 e. The molecular formula is C14H25N3O. The predicted molar refractivity (Wildman–Crippen MR) is 71.4 cm³/mol. The minimum absolute atomic E-state index is 0.214. The number of aromatic nitrogens is 2. The molecule has 1 aliphatic rings. The molecule has 2 rings (SSSR count). The molecule has 0 saturated carbocycles. The summed E-state index contributed by atoms with van der Waals surface area (Å²) in [7, 11) is 0. The standard InChI is InChI=1S/C14H25N3O/c1-14(2,3)10-12-16-13(18-17-12)8-7-11-6-4-5-9-15-11/h11,15H,4-10H2,1-3H3. The molecule has 0 amide bonds. The van der Waals surface area contributed by atoms with Crippen LogP contribution >= 0.6 is 0 Å². The first kappa shape index (κ1) is 13.5. The maximum atomic E-state index is 5.31. The lowest BCUT2D eigenvalue weighted by Gasteiger charge is -2.22. The summed E-state index contributed by atoms with van der Waals surface area (Å²) in [5.74, 6) is 1.63. The molecule has 1 unspecified atom stereocenters. The van der Waals surface area contributed by atoms with Crippen molar-refractivity contribution in [2.24, 2.45) is 5.41 Å². The van der Waals surface area contributed by atoms with Gasteiger partial charge in [0.15, 0.2) is 5.82 Å². The van der Waals surface area contributed by atoms with Gasteiger partial charge in [0.05, 0.1) is 0 Å². The van der Waals surface area contributed by atoms with Crippen LogP contribution in [0, 0.1) is 5.41 Å². The highest BCUT2D eigenvalue weighted by Crippen LogP contribution is 2.19. The van der Waals surface area contributed by atoms with Crippen molar-refractivity contribution in [3.8, 4) is 0 Å². The van der Waals surface area contributed by atoms with Crippen LogP contribution in [0.2, 0.25) is 0 Å². The highest BCUT2D eigenvalue weighted by Gasteiger charge is 2.17. The molecule has 0 aliphatic carbocycles. The van der Waals surface area contributed by atoms with Crippen LogP contribution in [-0.2, 0) is 12.8 Å². The third-order valence-electron chi connectivity index (χ3n) is 3.32. The van der Waals surface area contributed by atoms with E-state index in [-0.39, 0.29) is 5.41 Å². The summed E-state index contributed by atoms with van der Waals surface area (Å²) >= 11 is 0. The zero-order valence-corrected chi connectivity index (χ0v) is 11.8. The molecule has 4 nitrogen and oxygen atoms in total. The van der Waals surface area contributed by atoms with Gasteiger partial charge in [0.25, 0.3) is 0 Å². The smallest absolute Gasteiger partial charge is 0.226 e. The second-order valence-corrected chi connectivity index (χ2v) is 6.53. The molecule has 102 valence electrons. The second kappa shape index (κ2) is 5.83. The van der Waals surface area contributed by atoms with Crippen molar-refractivity contribution >= 4 is 0 Å². The summed E-state index contributed by atoms with van der Waals surface area (Å²) < 4.78 is 5.31. The number of nitrogens with zero attached hydrogens (tertiary/aromatic N) is 2. The van der Waals surface area contributed by atoms with Gasteiger partial charge >= 0.3 is 0 Å². The van der Waals surface area contributed by atoms with Crippen molar-refractivity contribution < 1.29 is 4.52 Å². The van der Waals surface area contributed by atoms with E-state index < -0.39 is 0 Å². The van der Waals surface area contributed by atoms with Crippen LogP contribution in [0.4, 0.5) is 0 Å². The summed E-state index contributed by atoms with van der Waals surface area (Å²) in [6.07, 6.45) is 6.82. The van der Waals surface area contributed by atoms with Gasteiger partial charge < -0.3 is 9.84 Å². The van der Waals surface area contributed by atoms with E-state index in [2.05, 4.69) is 36.2 Å². The number of aryl methyl sites for hydroxylation is 1.